The fourth-order valence-corrected chi connectivity index (χ4v) is 16.5. The molecular weight excluding hydrogens is 1830 g/mol. The smallest absolute Gasteiger partial charge is 0.302 e. The van der Waals surface area contributed by atoms with Gasteiger partial charge in [-0.1, -0.05) is 41.3 Å². The summed E-state index contributed by atoms with van der Waals surface area (Å²) in [5.74, 6) is -17.2. The predicted octanol–water partition coefficient (Wildman–Crippen LogP) is 11.2. The number of aromatic nitrogens is 18. The minimum Gasteiger partial charge on any atom is -0.354 e. The number of nitrogens with zero attached hydrogens (tertiary/aromatic N) is 30. The molecule has 12 aromatic heterocycles. The number of amides is 6. The Balaban J connectivity index is 0.000000188. The third kappa shape index (κ3) is 24.5. The highest BCUT2D eigenvalue weighted by Gasteiger charge is 2.41. The summed E-state index contributed by atoms with van der Waals surface area (Å²) < 4.78 is 414. The molecule has 0 unspecified atom stereocenters. The first kappa shape index (κ1) is 56.8. The van der Waals surface area contributed by atoms with Crippen LogP contribution in [0.15, 0.2) is 74.2 Å². The van der Waals surface area contributed by atoms with Gasteiger partial charge in [0, 0.05) is 196 Å². The van der Waals surface area contributed by atoms with Crippen molar-refractivity contribution in [3.05, 3.63) is 177 Å². The number of H-pyrrole nitrogens is 6. The molecule has 12 atom stereocenters. The quantitative estimate of drug-likeness (QED) is 0.0435. The number of fused-ring (bicyclic) bond motifs is 6. The molecule has 42 heteroatoms. The lowest BCUT2D eigenvalue weighted by Gasteiger charge is -2.41. The number of carbonyl (C=O) groups is 6. The molecule has 6 amide bonds. The van der Waals surface area contributed by atoms with Crippen molar-refractivity contribution in [2.45, 2.75) is 158 Å². The summed E-state index contributed by atoms with van der Waals surface area (Å²) in [6.45, 7) is 8.41. The monoisotopic (exact) mass is 2010 g/mol. The fourth-order valence-electron chi connectivity index (χ4n) is 16.5. The second-order valence-corrected chi connectivity index (χ2v) is 33.5. The van der Waals surface area contributed by atoms with E-state index in [1.165, 1.54) is 6.92 Å². The molecule has 0 radical (unpaired) electrons. The molecule has 6 saturated heterocycles. The van der Waals surface area contributed by atoms with E-state index in [4.69, 9.17) is 108 Å². The summed E-state index contributed by atoms with van der Waals surface area (Å²) in [4.78, 5) is 168. The number of aryl methyl sites for hydroxylation is 6. The van der Waals surface area contributed by atoms with E-state index >= 15 is 0 Å². The van der Waals surface area contributed by atoms with E-state index < -0.39 is 248 Å². The van der Waals surface area contributed by atoms with E-state index in [0.717, 1.165) is 82.1 Å². The molecule has 756 valence electrons. The minimum atomic E-state index is -3.14. The van der Waals surface area contributed by atoms with Crippen LogP contribution < -0.4 is 29.4 Å². The summed E-state index contributed by atoms with van der Waals surface area (Å²) >= 11 is 0. The Morgan fingerprint density at radius 2 is 0.542 bits per heavy atom. The Bertz CT molecular complexity index is 9330. The van der Waals surface area contributed by atoms with E-state index in [-0.39, 0.29) is 215 Å². The molecule has 6 N–H and O–H groups in total. The van der Waals surface area contributed by atoms with Crippen LogP contribution >= 0.6 is 0 Å². The predicted molar refractivity (Wildman–Crippen MR) is 556 cm³/mol. The summed E-state index contributed by atoms with van der Waals surface area (Å²) in [7, 11) is 0. The molecule has 18 heterocycles. The van der Waals surface area contributed by atoms with E-state index in [9.17, 15) is 30.1 Å². The van der Waals surface area contributed by atoms with Crippen LogP contribution in [0.1, 0.15) is 184 Å². The molecule has 0 aromatic carbocycles. The standard InChI is InChI=1S/6C17H22N6O/c6*1-11-5-6-23(15(24)8-18-3)9-14(11)22(4)17-13-7-12(2)21-16(13)19-10-20-17/h6*7,10-11,14H,5-6,8-9H2,1-2,4H3,(H,19,20,21)/t6*11-,14+/m111111/s1/i4D3,7D,8D2,11D,14D;1D3,4D3,7D,8D2,14D;1D3,4D3,7D,8D2,11D;4D3,7D,8D2,14D;4D3,7D,8D2,11D;1D3,4D3,7D,8D2. The molecular formula is C102H132N36O6. The SMILES string of the molecule is [2H]c1c(C)[nH]c2ncnc(N(C([2H])([2H])[2H])[C@@]3([2H])CN(C(=O)C([2H])([2H])[N+]#[C-])CC[C@@]3([2H])C)c12.[2H]c1c(C)[nH]c2ncnc(N(C([2H])([2H])[2H])[C@@]3([2H])CN(C(=O)C([2H])([2H])[N+]#[C-])CC[C@H]3C([2H])([2H])[2H])c12.[2H]c1c(C)[nH]c2ncnc(N(C([2H])([2H])[2H])[C@@]3([2H])CN(C(=O)C([2H])([2H])[N+]#[C-])CC[C@H]3C)c12.[2H]c1c(C)[nH]c2ncnc(N([C@H]3CN(C(=O)C([2H])([2H])[N+]#[C-])CC[C@@]3([2H])C([2H])([2H])[2H])C([2H])([2H])[2H])c12.[2H]c1c(C)[nH]c2ncnc(N([C@H]3CN(C(=O)C([2H])([2H])[N+]#[C-])CC[C@@]3([2H])C)C([2H])([2H])[2H])c12.[2H]c1c(C)[nH]c2ncnc(N([C@H]3CN(C(=O)C([2H])([2H])[N+]#[C-])CC[C@H]3C([2H])([2H])[2H])C([2H])([2H])[2H])c12. The van der Waals surface area contributed by atoms with E-state index in [2.05, 4.69) is 119 Å². The minimum absolute atomic E-state index is 0.00366. The number of carbonyl (C=O) groups excluding carboxylic acids is 6. The normalized spacial score (nSPS) is 30.5. The number of likely N-dealkylation sites (tertiary alicyclic amines) is 6. The zero-order valence-corrected chi connectivity index (χ0v) is 79.0. The van der Waals surface area contributed by atoms with E-state index in [0.29, 0.717) is 48.9 Å². The molecule has 12 aromatic rings. The summed E-state index contributed by atoms with van der Waals surface area (Å²) in [5, 5.41) is 0.455. The largest absolute Gasteiger partial charge is 0.354 e. The first-order valence-electron chi connectivity index (χ1n) is 69.7. The van der Waals surface area contributed by atoms with Crippen molar-refractivity contribution in [3.63, 3.8) is 0 Å². The average Bonchev–Trinajstić information content (AvgIpc) is 1.66. The van der Waals surface area contributed by atoms with Gasteiger partial charge in [-0.2, -0.15) is 0 Å². The summed E-state index contributed by atoms with van der Waals surface area (Å²) in [6.07, 6.45) is 5.70. The third-order valence-corrected chi connectivity index (χ3v) is 24.0. The number of rotatable bonds is 18. The topological polar surface area (TPSA) is 417 Å². The number of hydrogen-bond acceptors (Lipinski definition) is 24. The van der Waals surface area contributed by atoms with Gasteiger partial charge >= 0.3 is 35.4 Å². The maximum atomic E-state index is 12.7. The van der Waals surface area contributed by atoms with Crippen LogP contribution in [-0.4, -0.2) is 350 Å². The Morgan fingerprint density at radius 3 is 0.833 bits per heavy atom. The number of hydrogen-bond donors (Lipinski definition) is 6. The van der Waals surface area contributed by atoms with Crippen LogP contribution in [0, 0.1) is 116 Å². The number of anilines is 6. The van der Waals surface area contributed by atoms with Crippen molar-refractivity contribution in [1.29, 1.82) is 0 Å². The molecule has 0 aliphatic carbocycles. The van der Waals surface area contributed by atoms with Crippen LogP contribution in [0.3, 0.4) is 0 Å². The van der Waals surface area contributed by atoms with Gasteiger partial charge in [0.2, 0.25) is 0 Å². The summed E-state index contributed by atoms with van der Waals surface area (Å²) in [6, 6.07) is -11.2. The van der Waals surface area contributed by atoms with Gasteiger partial charge in [0.1, 0.15) is 123 Å². The van der Waals surface area contributed by atoms with Gasteiger partial charge in [0.25, 0.3) is 39.0 Å². The Kier molecular flexibility index (Phi) is 18.8. The molecule has 0 bridgehead atoms. The molecule has 0 spiro atoms. The zero-order chi connectivity index (χ0) is 148. The van der Waals surface area contributed by atoms with Crippen molar-refractivity contribution in [2.24, 2.45) is 35.4 Å². The van der Waals surface area contributed by atoms with Crippen LogP contribution in [0.4, 0.5) is 34.9 Å². The van der Waals surface area contributed by atoms with Gasteiger partial charge in [0.15, 0.2) is 0 Å². The van der Waals surface area contributed by atoms with Gasteiger partial charge < -0.3 is 118 Å². The molecule has 0 saturated carbocycles. The molecule has 42 nitrogen and oxygen atoms in total. The first-order chi connectivity index (χ1) is 89.0. The van der Waals surface area contributed by atoms with Crippen LogP contribution in [-0.2, 0) is 28.8 Å². The van der Waals surface area contributed by atoms with Gasteiger partial charge in [-0.15, -0.1) is 0 Å². The lowest BCUT2D eigenvalue weighted by Crippen LogP contribution is -2.53. The Labute approximate surface area is 911 Å². The van der Waals surface area contributed by atoms with Crippen molar-refractivity contribution >= 4 is 137 Å². The van der Waals surface area contributed by atoms with Gasteiger partial charge in [-0.25, -0.2) is 99.2 Å². The van der Waals surface area contributed by atoms with Gasteiger partial charge in [-0.3, -0.25) is 28.8 Å². The second-order valence-electron chi connectivity index (χ2n) is 33.5. The van der Waals surface area contributed by atoms with Crippen molar-refractivity contribution in [3.8, 4) is 0 Å². The lowest BCUT2D eigenvalue weighted by molar-refractivity contribution is -0.131. The third-order valence-electron chi connectivity index (χ3n) is 24.0. The maximum Gasteiger partial charge on any atom is 0.302 e. The number of likely N-dealkylation sites (N-methyl/N-ethyl adjacent to an activating group) is 6. The van der Waals surface area contributed by atoms with E-state index in [1.54, 1.807) is 55.4 Å². The highest BCUT2D eigenvalue weighted by atomic mass is 16.2. The fraction of sp³-hybridized carbons (Fsp3) is 0.529. The average molecular weight is 2010 g/mol. The molecule has 18 rings (SSSR count). The second kappa shape index (κ2) is 47.7. The van der Waals surface area contributed by atoms with Crippen LogP contribution in [0.2, 0.25) is 0 Å². The zero-order valence-electron chi connectivity index (χ0n) is 130. The molecule has 144 heavy (non-hydrogen) atoms. The highest BCUT2D eigenvalue weighted by Crippen LogP contribution is 2.38. The van der Waals surface area contributed by atoms with Crippen molar-refractivity contribution < 1.29 is 98.7 Å². The van der Waals surface area contributed by atoms with Gasteiger partial charge in [0.05, 0.1) is 80.8 Å². The first-order valence-corrected chi connectivity index (χ1v) is 44.2. The summed E-state index contributed by atoms with van der Waals surface area (Å²) in [5.41, 5.74) is 3.64. The van der Waals surface area contributed by atoms with Crippen LogP contribution in [0.25, 0.3) is 95.3 Å². The number of piperidine rings is 6. The highest BCUT2D eigenvalue weighted by molar-refractivity contribution is 5.94. The number of nitrogens with one attached hydrogen (secondary N) is 6. The van der Waals surface area contributed by atoms with Crippen molar-refractivity contribution in [2.75, 3.05) is 189 Å². The van der Waals surface area contributed by atoms with E-state index in [1.807, 2.05) is 0 Å². The lowest BCUT2D eigenvalue weighted by atomic mass is 9.92. The Hall–Kier alpha value is -15.7. The van der Waals surface area contributed by atoms with Crippen molar-refractivity contribution in [1.82, 2.24) is 119 Å². The molecule has 6 aliphatic rings. The van der Waals surface area contributed by atoms with Gasteiger partial charge in [-0.05, 0) is 152 Å². The maximum absolute atomic E-state index is 12.7. The number of aromatic amines is 6. The molecule has 6 aliphatic heterocycles. The van der Waals surface area contributed by atoms with Crippen LogP contribution in [0.5, 0.6) is 0 Å². The molecule has 6 fully saturated rings. The Morgan fingerprint density at radius 1 is 0.312 bits per heavy atom.